The summed E-state index contributed by atoms with van der Waals surface area (Å²) < 4.78 is 0. The van der Waals surface area contributed by atoms with Gasteiger partial charge in [-0.3, -0.25) is 10.6 Å². The summed E-state index contributed by atoms with van der Waals surface area (Å²) in [7, 11) is 0. The van der Waals surface area contributed by atoms with Crippen LogP contribution in [0.4, 0.5) is 5.69 Å². The number of nitrogens with one attached hydrogen (secondary N) is 1. The molecular weight excluding hydrogens is 226 g/mol. The van der Waals surface area contributed by atoms with Crippen molar-refractivity contribution < 1.29 is 4.79 Å². The van der Waals surface area contributed by atoms with E-state index in [9.17, 15) is 4.79 Å². The Morgan fingerprint density at radius 1 is 1.56 bits per heavy atom. The zero-order valence-electron chi connectivity index (χ0n) is 11.1. The molecule has 0 radical (unpaired) electrons. The molecule has 0 aromatic heterocycles. The Morgan fingerprint density at radius 3 is 3.00 bits per heavy atom. The van der Waals surface area contributed by atoms with Crippen LogP contribution in [-0.4, -0.2) is 23.4 Å². The molecule has 1 amide bonds. The third-order valence-electron chi connectivity index (χ3n) is 3.67. The van der Waals surface area contributed by atoms with E-state index >= 15 is 0 Å². The topological polar surface area (TPSA) is 58.4 Å². The number of benzene rings is 1. The lowest BCUT2D eigenvalue weighted by Gasteiger charge is -2.24. The van der Waals surface area contributed by atoms with Gasteiger partial charge in [0.1, 0.15) is 0 Å². The summed E-state index contributed by atoms with van der Waals surface area (Å²) in [5.41, 5.74) is 5.10. The van der Waals surface area contributed by atoms with Crippen LogP contribution in [-0.2, 0) is 0 Å². The fourth-order valence-corrected chi connectivity index (χ4v) is 2.65. The van der Waals surface area contributed by atoms with Gasteiger partial charge in [-0.15, -0.1) is 0 Å². The Bertz CT molecular complexity index is 445. The van der Waals surface area contributed by atoms with Gasteiger partial charge < -0.3 is 10.3 Å². The minimum Gasteiger partial charge on any atom is -0.336 e. The highest BCUT2D eigenvalue weighted by Crippen LogP contribution is 2.25. The van der Waals surface area contributed by atoms with Crippen LogP contribution in [0.5, 0.6) is 0 Å². The van der Waals surface area contributed by atoms with Crippen LogP contribution < -0.4 is 11.3 Å². The molecule has 1 aromatic carbocycles. The van der Waals surface area contributed by atoms with Gasteiger partial charge in [0, 0.05) is 12.6 Å². The highest BCUT2D eigenvalue weighted by Gasteiger charge is 2.29. The monoisotopic (exact) mass is 247 g/mol. The molecule has 0 bridgehead atoms. The second-order valence-electron chi connectivity index (χ2n) is 4.90. The van der Waals surface area contributed by atoms with Crippen LogP contribution in [0.1, 0.15) is 42.1 Å². The minimum atomic E-state index is 0.0901. The van der Waals surface area contributed by atoms with E-state index in [-0.39, 0.29) is 5.91 Å². The highest BCUT2D eigenvalue weighted by molar-refractivity contribution is 6.00. The molecule has 4 nitrogen and oxygen atoms in total. The Morgan fingerprint density at radius 2 is 2.33 bits per heavy atom. The molecule has 18 heavy (non-hydrogen) atoms. The van der Waals surface area contributed by atoms with E-state index in [0.717, 1.165) is 31.4 Å². The fraction of sp³-hybridized carbons (Fsp3) is 0.500. The molecule has 1 aliphatic heterocycles. The number of hydrogen-bond donors (Lipinski definition) is 2. The largest absolute Gasteiger partial charge is 0.336 e. The number of hydrazine groups is 1. The van der Waals surface area contributed by atoms with E-state index in [0.29, 0.717) is 17.3 Å². The summed E-state index contributed by atoms with van der Waals surface area (Å²) in [4.78, 5) is 14.5. The van der Waals surface area contributed by atoms with Crippen LogP contribution in [0, 0.1) is 6.92 Å². The highest BCUT2D eigenvalue weighted by atomic mass is 16.2. The lowest BCUT2D eigenvalue weighted by atomic mass is 10.1. The average Bonchev–Trinajstić information content (AvgIpc) is 2.86. The fourth-order valence-electron chi connectivity index (χ4n) is 2.65. The van der Waals surface area contributed by atoms with Crippen LogP contribution >= 0.6 is 0 Å². The second-order valence-corrected chi connectivity index (χ2v) is 4.90. The van der Waals surface area contributed by atoms with Crippen molar-refractivity contribution in [3.05, 3.63) is 29.3 Å². The van der Waals surface area contributed by atoms with Crippen molar-refractivity contribution in [1.82, 2.24) is 4.90 Å². The summed E-state index contributed by atoms with van der Waals surface area (Å²) in [5.74, 6) is 5.59. The van der Waals surface area contributed by atoms with E-state index in [1.54, 1.807) is 0 Å². The normalized spacial score (nSPS) is 19.1. The van der Waals surface area contributed by atoms with Crippen molar-refractivity contribution in [3.63, 3.8) is 0 Å². The molecule has 1 aromatic rings. The molecule has 1 atom stereocenters. The van der Waals surface area contributed by atoms with Crippen molar-refractivity contribution in [2.75, 3.05) is 12.0 Å². The molecule has 1 unspecified atom stereocenters. The van der Waals surface area contributed by atoms with Gasteiger partial charge in [0.15, 0.2) is 0 Å². The molecule has 3 N–H and O–H groups in total. The number of carbonyl (C=O) groups is 1. The van der Waals surface area contributed by atoms with Crippen LogP contribution in [0.15, 0.2) is 18.2 Å². The predicted octanol–water partition coefficient (Wildman–Crippen LogP) is 2.30. The average molecular weight is 247 g/mol. The number of hydrogen-bond acceptors (Lipinski definition) is 3. The molecule has 1 fully saturated rings. The summed E-state index contributed by atoms with van der Waals surface area (Å²) >= 11 is 0. The summed E-state index contributed by atoms with van der Waals surface area (Å²) in [6, 6.07) is 6.09. The molecule has 1 saturated heterocycles. The third kappa shape index (κ3) is 2.34. The molecule has 1 aliphatic rings. The number of aryl methyl sites for hydroxylation is 1. The van der Waals surface area contributed by atoms with Gasteiger partial charge in [-0.1, -0.05) is 13.0 Å². The number of carbonyl (C=O) groups excluding carboxylic acids is 1. The quantitative estimate of drug-likeness (QED) is 0.636. The van der Waals surface area contributed by atoms with Gasteiger partial charge in [-0.05, 0) is 43.9 Å². The SMILES string of the molecule is CCC1CCCN1C(=O)c1ccc(C)cc1NN. The standard InChI is InChI=1S/C14H21N3O/c1-3-11-5-4-8-17(11)14(18)12-7-6-10(2)9-13(12)16-15/h6-7,9,11,16H,3-5,8,15H2,1-2H3. The maximum atomic E-state index is 12.5. The van der Waals surface area contributed by atoms with E-state index in [1.165, 1.54) is 0 Å². The number of rotatable bonds is 3. The van der Waals surface area contributed by atoms with Gasteiger partial charge in [0.05, 0.1) is 11.3 Å². The van der Waals surface area contributed by atoms with Gasteiger partial charge in [0.2, 0.25) is 0 Å². The van der Waals surface area contributed by atoms with Crippen molar-refractivity contribution >= 4 is 11.6 Å². The first kappa shape index (κ1) is 12.9. The molecule has 0 aliphatic carbocycles. The summed E-state index contributed by atoms with van der Waals surface area (Å²) in [5, 5.41) is 0. The maximum Gasteiger partial charge on any atom is 0.256 e. The number of amides is 1. The van der Waals surface area contributed by atoms with Crippen LogP contribution in [0.25, 0.3) is 0 Å². The minimum absolute atomic E-state index is 0.0901. The zero-order chi connectivity index (χ0) is 13.1. The number of nitrogens with two attached hydrogens (primary N) is 1. The van der Waals surface area contributed by atoms with Gasteiger partial charge in [0.25, 0.3) is 5.91 Å². The number of likely N-dealkylation sites (tertiary alicyclic amines) is 1. The Hall–Kier alpha value is -1.55. The number of nitrogens with zero attached hydrogens (tertiary/aromatic N) is 1. The van der Waals surface area contributed by atoms with Crippen LogP contribution in [0.3, 0.4) is 0 Å². The second kappa shape index (κ2) is 5.40. The maximum absolute atomic E-state index is 12.5. The first-order valence-corrected chi connectivity index (χ1v) is 6.55. The molecule has 98 valence electrons. The van der Waals surface area contributed by atoms with E-state index < -0.39 is 0 Å². The first-order chi connectivity index (χ1) is 8.67. The Labute approximate surface area is 108 Å². The first-order valence-electron chi connectivity index (χ1n) is 6.55. The van der Waals surface area contributed by atoms with E-state index in [1.807, 2.05) is 30.0 Å². The molecule has 2 rings (SSSR count). The van der Waals surface area contributed by atoms with E-state index in [4.69, 9.17) is 5.84 Å². The Kier molecular flexibility index (Phi) is 3.87. The summed E-state index contributed by atoms with van der Waals surface area (Å²) in [6.07, 6.45) is 3.23. The lowest BCUT2D eigenvalue weighted by Crippen LogP contribution is -2.35. The number of nitrogen functional groups attached to an aromatic ring is 1. The molecule has 1 heterocycles. The van der Waals surface area contributed by atoms with Crippen molar-refractivity contribution in [1.29, 1.82) is 0 Å². The third-order valence-corrected chi connectivity index (χ3v) is 3.67. The van der Waals surface area contributed by atoms with Gasteiger partial charge in [-0.2, -0.15) is 0 Å². The Balaban J connectivity index is 2.28. The molecule has 4 heteroatoms. The molecule has 0 spiro atoms. The lowest BCUT2D eigenvalue weighted by molar-refractivity contribution is 0.0734. The smallest absolute Gasteiger partial charge is 0.256 e. The van der Waals surface area contributed by atoms with Crippen molar-refractivity contribution in [3.8, 4) is 0 Å². The summed E-state index contributed by atoms with van der Waals surface area (Å²) in [6.45, 7) is 4.97. The van der Waals surface area contributed by atoms with Crippen LogP contribution in [0.2, 0.25) is 0 Å². The molecular formula is C14H21N3O. The zero-order valence-corrected chi connectivity index (χ0v) is 11.1. The van der Waals surface area contributed by atoms with Gasteiger partial charge >= 0.3 is 0 Å². The number of anilines is 1. The van der Waals surface area contributed by atoms with E-state index in [2.05, 4.69) is 12.3 Å². The molecule has 0 saturated carbocycles. The van der Waals surface area contributed by atoms with Crippen molar-refractivity contribution in [2.45, 2.75) is 39.2 Å². The van der Waals surface area contributed by atoms with Crippen molar-refractivity contribution in [2.24, 2.45) is 5.84 Å². The predicted molar refractivity (Wildman–Crippen MR) is 73.3 cm³/mol. The van der Waals surface area contributed by atoms with Gasteiger partial charge in [-0.25, -0.2) is 0 Å².